The van der Waals surface area contributed by atoms with Crippen molar-refractivity contribution in [1.29, 1.82) is 0 Å². The summed E-state index contributed by atoms with van der Waals surface area (Å²) in [6.45, 7) is 5.50. The second-order valence-electron chi connectivity index (χ2n) is 8.34. The van der Waals surface area contributed by atoms with Gasteiger partial charge in [0.2, 0.25) is 5.01 Å². The third-order valence-corrected chi connectivity index (χ3v) is 6.97. The second-order valence-corrected chi connectivity index (χ2v) is 9.41. The molecular weight excluding hydrogens is 448 g/mol. The molecule has 0 aliphatic carbocycles. The normalized spacial score (nSPS) is 14.4. The molecule has 0 unspecified atom stereocenters. The van der Waals surface area contributed by atoms with Gasteiger partial charge in [0, 0.05) is 42.8 Å². The zero-order valence-corrected chi connectivity index (χ0v) is 19.8. The first kappa shape index (κ1) is 22.2. The van der Waals surface area contributed by atoms with Gasteiger partial charge >= 0.3 is 0 Å². The Bertz CT molecular complexity index is 1270. The lowest BCUT2D eigenvalue weighted by molar-refractivity contribution is 0.0623. The first-order valence-electron chi connectivity index (χ1n) is 11.4. The molecule has 1 aliphatic rings. The van der Waals surface area contributed by atoms with Gasteiger partial charge in [0.25, 0.3) is 11.8 Å². The summed E-state index contributed by atoms with van der Waals surface area (Å²) in [6, 6.07) is 17.6. The smallest absolute Gasteiger partial charge is 0.286 e. The van der Waals surface area contributed by atoms with Gasteiger partial charge in [-0.3, -0.25) is 14.5 Å². The quantitative estimate of drug-likeness (QED) is 0.443. The highest BCUT2D eigenvalue weighted by Gasteiger charge is 2.24. The highest BCUT2D eigenvalue weighted by atomic mass is 32.1. The predicted molar refractivity (Wildman–Crippen MR) is 133 cm³/mol. The standard InChI is InChI=1S/C25H26N6O2S/c1-2-17-7-9-19(10-8-17)26-23(32)24-29-28-22(34-24)16-30-11-13-31(14-12-30)25(33)21-15-18-5-3-4-6-20(18)27-21/h3-10,15,27H,2,11-14,16H2,1H3,(H,26,32). The lowest BCUT2D eigenvalue weighted by Crippen LogP contribution is -2.48. The van der Waals surface area contributed by atoms with Crippen LogP contribution in [0.4, 0.5) is 5.69 Å². The largest absolute Gasteiger partial charge is 0.351 e. The van der Waals surface area contributed by atoms with E-state index in [4.69, 9.17) is 0 Å². The van der Waals surface area contributed by atoms with Gasteiger partial charge in [-0.2, -0.15) is 0 Å². The monoisotopic (exact) mass is 474 g/mol. The van der Waals surface area contributed by atoms with Gasteiger partial charge in [-0.25, -0.2) is 0 Å². The molecule has 0 saturated carbocycles. The Morgan fingerprint density at radius 1 is 1.03 bits per heavy atom. The highest BCUT2D eigenvalue weighted by Crippen LogP contribution is 2.19. The molecular formula is C25H26N6O2S. The number of aromatic nitrogens is 3. The molecule has 1 fully saturated rings. The van der Waals surface area contributed by atoms with Crippen molar-refractivity contribution in [1.82, 2.24) is 25.0 Å². The average molecular weight is 475 g/mol. The number of aryl methyl sites for hydroxylation is 1. The van der Waals surface area contributed by atoms with Crippen LogP contribution in [0.5, 0.6) is 0 Å². The molecule has 3 heterocycles. The number of piperazine rings is 1. The Morgan fingerprint density at radius 3 is 2.53 bits per heavy atom. The summed E-state index contributed by atoms with van der Waals surface area (Å²) in [5, 5.41) is 13.3. The Kier molecular flexibility index (Phi) is 6.37. The molecule has 9 heteroatoms. The molecule has 2 N–H and O–H groups in total. The molecule has 2 aromatic carbocycles. The van der Waals surface area contributed by atoms with Crippen LogP contribution in [-0.2, 0) is 13.0 Å². The van der Waals surface area contributed by atoms with E-state index in [9.17, 15) is 9.59 Å². The number of H-pyrrole nitrogens is 1. The Balaban J connectivity index is 1.13. The maximum atomic E-state index is 12.9. The van der Waals surface area contributed by atoms with Crippen molar-refractivity contribution < 1.29 is 9.59 Å². The van der Waals surface area contributed by atoms with Gasteiger partial charge in [0.05, 0.1) is 6.54 Å². The molecule has 2 aromatic heterocycles. The Labute approximate surface area is 201 Å². The number of fused-ring (bicyclic) bond motifs is 1. The molecule has 0 radical (unpaired) electrons. The molecule has 5 rings (SSSR count). The number of nitrogens with zero attached hydrogens (tertiary/aromatic N) is 4. The van der Waals surface area contributed by atoms with Crippen LogP contribution >= 0.6 is 11.3 Å². The summed E-state index contributed by atoms with van der Waals surface area (Å²) in [5.74, 6) is -0.223. The summed E-state index contributed by atoms with van der Waals surface area (Å²) in [7, 11) is 0. The van der Waals surface area contributed by atoms with Crippen molar-refractivity contribution in [3.05, 3.63) is 75.9 Å². The number of para-hydroxylation sites is 1. The maximum Gasteiger partial charge on any atom is 0.286 e. The SMILES string of the molecule is CCc1ccc(NC(=O)c2nnc(CN3CCN(C(=O)c4cc5ccccc5[nH]4)CC3)s2)cc1. The van der Waals surface area contributed by atoms with Gasteiger partial charge in [-0.05, 0) is 36.2 Å². The molecule has 0 spiro atoms. The third-order valence-electron chi connectivity index (χ3n) is 6.06. The molecule has 8 nitrogen and oxygen atoms in total. The van der Waals surface area contributed by atoms with Crippen LogP contribution in [0.2, 0.25) is 0 Å². The number of benzene rings is 2. The Morgan fingerprint density at radius 2 is 1.79 bits per heavy atom. The minimum atomic E-state index is -0.248. The fourth-order valence-corrected chi connectivity index (χ4v) is 4.85. The molecule has 1 aliphatic heterocycles. The zero-order chi connectivity index (χ0) is 23.5. The Hall–Kier alpha value is -3.56. The number of hydrogen-bond donors (Lipinski definition) is 2. The molecule has 2 amide bonds. The first-order chi connectivity index (χ1) is 16.6. The maximum absolute atomic E-state index is 12.9. The summed E-state index contributed by atoms with van der Waals surface area (Å²) in [5.41, 5.74) is 3.56. The van der Waals surface area contributed by atoms with Crippen LogP contribution < -0.4 is 5.32 Å². The van der Waals surface area contributed by atoms with E-state index in [1.807, 2.05) is 59.5 Å². The first-order valence-corrected chi connectivity index (χ1v) is 12.2. The van der Waals surface area contributed by atoms with Gasteiger partial charge in [-0.15, -0.1) is 10.2 Å². The van der Waals surface area contributed by atoms with Crippen molar-refractivity contribution in [3.8, 4) is 0 Å². The molecule has 0 atom stereocenters. The second kappa shape index (κ2) is 9.74. The molecule has 174 valence electrons. The minimum Gasteiger partial charge on any atom is -0.351 e. The van der Waals surface area contributed by atoms with Crippen LogP contribution in [0, 0.1) is 0 Å². The van der Waals surface area contributed by atoms with Crippen molar-refractivity contribution in [3.63, 3.8) is 0 Å². The third kappa shape index (κ3) is 4.85. The van der Waals surface area contributed by atoms with Gasteiger partial charge in [0.15, 0.2) is 0 Å². The number of nitrogens with one attached hydrogen (secondary N) is 2. The molecule has 0 bridgehead atoms. The number of amides is 2. The summed E-state index contributed by atoms with van der Waals surface area (Å²) < 4.78 is 0. The molecule has 1 saturated heterocycles. The van der Waals surface area contributed by atoms with E-state index in [-0.39, 0.29) is 11.8 Å². The summed E-state index contributed by atoms with van der Waals surface area (Å²) >= 11 is 1.31. The number of carbonyl (C=O) groups excluding carboxylic acids is 2. The summed E-state index contributed by atoms with van der Waals surface area (Å²) in [6.07, 6.45) is 0.958. The van der Waals surface area contributed by atoms with Gasteiger partial charge in [0.1, 0.15) is 10.7 Å². The number of hydrogen-bond acceptors (Lipinski definition) is 6. The summed E-state index contributed by atoms with van der Waals surface area (Å²) in [4.78, 5) is 32.8. The van der Waals surface area contributed by atoms with Crippen molar-refractivity contribution in [2.45, 2.75) is 19.9 Å². The van der Waals surface area contributed by atoms with Crippen molar-refractivity contribution in [2.24, 2.45) is 0 Å². The van der Waals surface area contributed by atoms with Crippen molar-refractivity contribution in [2.75, 3.05) is 31.5 Å². The zero-order valence-electron chi connectivity index (χ0n) is 19.0. The van der Waals surface area contributed by atoms with E-state index in [0.717, 1.165) is 41.1 Å². The van der Waals surface area contributed by atoms with E-state index < -0.39 is 0 Å². The number of rotatable bonds is 6. The van der Waals surface area contributed by atoms with Crippen LogP contribution in [0.25, 0.3) is 10.9 Å². The highest BCUT2D eigenvalue weighted by molar-refractivity contribution is 7.13. The average Bonchev–Trinajstić information content (AvgIpc) is 3.52. The number of carbonyl (C=O) groups is 2. The van der Waals surface area contributed by atoms with Gasteiger partial charge in [-0.1, -0.05) is 48.6 Å². The van der Waals surface area contributed by atoms with E-state index in [0.29, 0.717) is 30.3 Å². The fraction of sp³-hybridized carbons (Fsp3) is 0.280. The number of aromatic amines is 1. The van der Waals surface area contributed by atoms with Crippen LogP contribution in [0.3, 0.4) is 0 Å². The minimum absolute atomic E-state index is 0.0256. The van der Waals surface area contributed by atoms with E-state index in [2.05, 4.69) is 32.3 Å². The van der Waals surface area contributed by atoms with E-state index in [1.165, 1.54) is 16.9 Å². The molecule has 4 aromatic rings. The lowest BCUT2D eigenvalue weighted by atomic mass is 10.1. The predicted octanol–water partition coefficient (Wildman–Crippen LogP) is 3.79. The van der Waals surface area contributed by atoms with E-state index >= 15 is 0 Å². The topological polar surface area (TPSA) is 94.2 Å². The lowest BCUT2D eigenvalue weighted by Gasteiger charge is -2.33. The van der Waals surface area contributed by atoms with Crippen LogP contribution in [0.15, 0.2) is 54.6 Å². The number of anilines is 1. The van der Waals surface area contributed by atoms with Crippen molar-refractivity contribution >= 4 is 39.7 Å². The van der Waals surface area contributed by atoms with Gasteiger partial charge < -0.3 is 15.2 Å². The van der Waals surface area contributed by atoms with E-state index in [1.54, 1.807) is 0 Å². The van der Waals surface area contributed by atoms with Crippen LogP contribution in [0.1, 0.15) is 37.8 Å². The molecule has 34 heavy (non-hydrogen) atoms. The fourth-order valence-electron chi connectivity index (χ4n) is 4.08. The van der Waals surface area contributed by atoms with Crippen LogP contribution in [-0.4, -0.2) is 63.0 Å².